The molecule has 0 radical (unpaired) electrons. The molecule has 24 heavy (non-hydrogen) atoms. The molecule has 4 nitrogen and oxygen atoms in total. The molecule has 0 saturated carbocycles. The number of benzene rings is 2. The predicted molar refractivity (Wildman–Crippen MR) is 95.4 cm³/mol. The summed E-state index contributed by atoms with van der Waals surface area (Å²) in [5.74, 6) is -0.0923. The van der Waals surface area contributed by atoms with Crippen LogP contribution in [0.5, 0.6) is 0 Å². The highest BCUT2D eigenvalue weighted by Crippen LogP contribution is 2.21. The number of halogens is 1. The number of hydrogen-bond acceptors (Lipinski definition) is 3. The van der Waals surface area contributed by atoms with Crippen molar-refractivity contribution in [2.45, 2.75) is 6.10 Å². The van der Waals surface area contributed by atoms with Crippen molar-refractivity contribution in [1.82, 2.24) is 10.2 Å². The topological polar surface area (TPSA) is 41.6 Å². The quantitative estimate of drug-likeness (QED) is 0.906. The van der Waals surface area contributed by atoms with Gasteiger partial charge < -0.3 is 10.1 Å². The highest BCUT2D eigenvalue weighted by Gasteiger charge is 2.21. The van der Waals surface area contributed by atoms with E-state index in [1.807, 2.05) is 18.2 Å². The molecule has 1 aliphatic rings. The van der Waals surface area contributed by atoms with Crippen LogP contribution in [0.25, 0.3) is 0 Å². The normalized spacial score (nSPS) is 18.3. The van der Waals surface area contributed by atoms with Crippen LogP contribution in [0.15, 0.2) is 54.6 Å². The summed E-state index contributed by atoms with van der Waals surface area (Å²) in [7, 11) is 0. The van der Waals surface area contributed by atoms with E-state index < -0.39 is 0 Å². The van der Waals surface area contributed by atoms with Gasteiger partial charge in [0.05, 0.1) is 12.7 Å². The molecule has 1 amide bonds. The Kier molecular flexibility index (Phi) is 5.86. The zero-order valence-electron chi connectivity index (χ0n) is 13.5. The summed E-state index contributed by atoms with van der Waals surface area (Å²) in [6.07, 6.45) is 0.101. The molecular formula is C19H21ClN2O2. The SMILES string of the molecule is O=C(NCCN1CCOC(c2ccccc2)C1)c1cccc(Cl)c1. The van der Waals surface area contributed by atoms with Crippen molar-refractivity contribution in [2.24, 2.45) is 0 Å². The Bertz CT molecular complexity index is 678. The molecule has 1 fully saturated rings. The number of rotatable bonds is 5. The second-order valence-corrected chi connectivity index (χ2v) is 6.27. The fourth-order valence-corrected chi connectivity index (χ4v) is 3.02. The summed E-state index contributed by atoms with van der Waals surface area (Å²) >= 11 is 5.92. The minimum Gasteiger partial charge on any atom is -0.371 e. The Labute approximate surface area is 147 Å². The summed E-state index contributed by atoms with van der Waals surface area (Å²) in [4.78, 5) is 14.4. The van der Waals surface area contributed by atoms with Gasteiger partial charge in [0.15, 0.2) is 0 Å². The van der Waals surface area contributed by atoms with Crippen molar-refractivity contribution in [3.8, 4) is 0 Å². The van der Waals surface area contributed by atoms with E-state index in [1.165, 1.54) is 5.56 Å². The standard InChI is InChI=1S/C19H21ClN2O2/c20-17-8-4-7-16(13-17)19(23)21-9-10-22-11-12-24-18(14-22)15-5-2-1-3-6-15/h1-8,13,18H,9-12,14H2,(H,21,23). The zero-order chi connectivity index (χ0) is 16.8. The molecule has 1 saturated heterocycles. The van der Waals surface area contributed by atoms with Crippen LogP contribution in [0, 0.1) is 0 Å². The fourth-order valence-electron chi connectivity index (χ4n) is 2.83. The van der Waals surface area contributed by atoms with E-state index in [2.05, 4.69) is 22.3 Å². The molecule has 1 unspecified atom stereocenters. The van der Waals surface area contributed by atoms with E-state index >= 15 is 0 Å². The van der Waals surface area contributed by atoms with Crippen LogP contribution >= 0.6 is 11.6 Å². The third-order valence-electron chi connectivity index (χ3n) is 4.12. The van der Waals surface area contributed by atoms with Crippen molar-refractivity contribution in [3.63, 3.8) is 0 Å². The molecule has 1 atom stereocenters. The summed E-state index contributed by atoms with van der Waals surface area (Å²) in [6, 6.07) is 17.2. The first kappa shape index (κ1) is 17.0. The predicted octanol–water partition coefficient (Wildman–Crippen LogP) is 3.14. The number of amides is 1. The van der Waals surface area contributed by atoms with Gasteiger partial charge >= 0.3 is 0 Å². The smallest absolute Gasteiger partial charge is 0.251 e. The van der Waals surface area contributed by atoms with Crippen LogP contribution < -0.4 is 5.32 Å². The Balaban J connectivity index is 1.47. The van der Waals surface area contributed by atoms with Crippen LogP contribution in [0.1, 0.15) is 22.0 Å². The molecule has 0 aliphatic carbocycles. The maximum Gasteiger partial charge on any atom is 0.251 e. The number of ether oxygens (including phenoxy) is 1. The highest BCUT2D eigenvalue weighted by molar-refractivity contribution is 6.30. The van der Waals surface area contributed by atoms with Gasteiger partial charge in [-0.05, 0) is 23.8 Å². The third kappa shape index (κ3) is 4.57. The number of morpholine rings is 1. The van der Waals surface area contributed by atoms with E-state index in [0.29, 0.717) is 23.7 Å². The molecule has 2 aromatic carbocycles. The second-order valence-electron chi connectivity index (χ2n) is 5.84. The maximum atomic E-state index is 12.1. The second kappa shape index (κ2) is 8.29. The molecule has 1 heterocycles. The van der Waals surface area contributed by atoms with E-state index in [-0.39, 0.29) is 12.0 Å². The van der Waals surface area contributed by atoms with Crippen LogP contribution in [0.2, 0.25) is 5.02 Å². The zero-order valence-corrected chi connectivity index (χ0v) is 14.2. The molecule has 126 valence electrons. The molecule has 0 aromatic heterocycles. The van der Waals surface area contributed by atoms with Crippen molar-refractivity contribution in [1.29, 1.82) is 0 Å². The first-order valence-electron chi connectivity index (χ1n) is 8.15. The van der Waals surface area contributed by atoms with Gasteiger partial charge in [0.2, 0.25) is 0 Å². The molecule has 2 aromatic rings. The van der Waals surface area contributed by atoms with Crippen LogP contribution in [0.4, 0.5) is 0 Å². The van der Waals surface area contributed by atoms with Crippen LogP contribution in [0.3, 0.4) is 0 Å². The van der Waals surface area contributed by atoms with Gasteiger partial charge in [0.1, 0.15) is 0 Å². The van der Waals surface area contributed by atoms with Crippen molar-refractivity contribution in [3.05, 3.63) is 70.7 Å². The van der Waals surface area contributed by atoms with Gasteiger partial charge in [-0.3, -0.25) is 9.69 Å². The summed E-state index contributed by atoms with van der Waals surface area (Å²) < 4.78 is 5.86. The van der Waals surface area contributed by atoms with Gasteiger partial charge in [-0.25, -0.2) is 0 Å². The average Bonchev–Trinajstić information content (AvgIpc) is 2.63. The lowest BCUT2D eigenvalue weighted by Crippen LogP contribution is -2.42. The van der Waals surface area contributed by atoms with E-state index in [9.17, 15) is 4.79 Å². The highest BCUT2D eigenvalue weighted by atomic mass is 35.5. The summed E-state index contributed by atoms with van der Waals surface area (Å²) in [6.45, 7) is 3.85. The monoisotopic (exact) mass is 344 g/mol. The van der Waals surface area contributed by atoms with E-state index in [1.54, 1.807) is 24.3 Å². The molecule has 0 spiro atoms. The van der Waals surface area contributed by atoms with Gasteiger partial charge in [-0.15, -0.1) is 0 Å². The lowest BCUT2D eigenvalue weighted by atomic mass is 10.1. The lowest BCUT2D eigenvalue weighted by Gasteiger charge is -2.33. The minimum atomic E-state index is -0.0923. The molecular weight excluding hydrogens is 324 g/mol. The van der Waals surface area contributed by atoms with Gasteiger partial charge in [-0.2, -0.15) is 0 Å². The van der Waals surface area contributed by atoms with Crippen LogP contribution in [-0.4, -0.2) is 43.6 Å². The van der Waals surface area contributed by atoms with Crippen LogP contribution in [-0.2, 0) is 4.74 Å². The molecule has 1 N–H and O–H groups in total. The fraction of sp³-hybridized carbons (Fsp3) is 0.316. The van der Waals surface area contributed by atoms with Crippen molar-refractivity contribution in [2.75, 3.05) is 32.8 Å². The molecule has 0 bridgehead atoms. The van der Waals surface area contributed by atoms with E-state index in [4.69, 9.17) is 16.3 Å². The first-order chi connectivity index (χ1) is 11.7. The maximum absolute atomic E-state index is 12.1. The number of hydrogen-bond donors (Lipinski definition) is 1. The molecule has 1 aliphatic heterocycles. The van der Waals surface area contributed by atoms with Crippen molar-refractivity contribution < 1.29 is 9.53 Å². The minimum absolute atomic E-state index is 0.0923. The Hall–Kier alpha value is -1.88. The molecule has 5 heteroatoms. The summed E-state index contributed by atoms with van der Waals surface area (Å²) in [5.41, 5.74) is 1.79. The number of carbonyl (C=O) groups is 1. The Morgan fingerprint density at radius 1 is 1.21 bits per heavy atom. The lowest BCUT2D eigenvalue weighted by molar-refractivity contribution is -0.0293. The Morgan fingerprint density at radius 2 is 2.04 bits per heavy atom. The first-order valence-corrected chi connectivity index (χ1v) is 8.53. The van der Waals surface area contributed by atoms with Gasteiger partial charge in [0, 0.05) is 36.8 Å². The number of nitrogens with one attached hydrogen (secondary N) is 1. The average molecular weight is 345 g/mol. The van der Waals surface area contributed by atoms with Gasteiger partial charge in [-0.1, -0.05) is 48.0 Å². The largest absolute Gasteiger partial charge is 0.371 e. The van der Waals surface area contributed by atoms with Gasteiger partial charge in [0.25, 0.3) is 5.91 Å². The van der Waals surface area contributed by atoms with Crippen molar-refractivity contribution >= 4 is 17.5 Å². The Morgan fingerprint density at radius 3 is 2.83 bits per heavy atom. The summed E-state index contributed by atoms with van der Waals surface area (Å²) in [5, 5.41) is 3.52. The van der Waals surface area contributed by atoms with E-state index in [0.717, 1.165) is 19.6 Å². The number of nitrogens with zero attached hydrogens (tertiary/aromatic N) is 1. The molecule has 3 rings (SSSR count). The third-order valence-corrected chi connectivity index (χ3v) is 4.36. The number of carbonyl (C=O) groups excluding carboxylic acids is 1.